The molecule has 0 heterocycles. The summed E-state index contributed by atoms with van der Waals surface area (Å²) in [6.45, 7) is 1.93. The number of benzene rings is 3. The third-order valence-corrected chi connectivity index (χ3v) is 4.29. The standard InChI is InChI=1S/C24H21N3O5/c1-16-6-8-18(9-7-16)24(30)32-21-5-3-4-17(14-21)15-25-27-23(29)22(28)26-19-10-12-20(31-2)13-11-19/h3-15H,1-2H3,(H,26,28)(H,27,29)/b25-15+. The largest absolute Gasteiger partial charge is 0.497 e. The second kappa shape index (κ2) is 10.5. The third-order valence-electron chi connectivity index (χ3n) is 4.29. The molecule has 8 nitrogen and oxygen atoms in total. The van der Waals surface area contributed by atoms with Crippen LogP contribution in [0.3, 0.4) is 0 Å². The molecule has 0 aliphatic heterocycles. The molecule has 0 unspecified atom stereocenters. The summed E-state index contributed by atoms with van der Waals surface area (Å²) in [7, 11) is 1.53. The highest BCUT2D eigenvalue weighted by Gasteiger charge is 2.13. The van der Waals surface area contributed by atoms with Crippen LogP contribution < -0.4 is 20.2 Å². The second-order valence-corrected chi connectivity index (χ2v) is 6.71. The van der Waals surface area contributed by atoms with E-state index in [1.807, 2.05) is 19.1 Å². The number of aryl methyl sites for hydroxylation is 1. The SMILES string of the molecule is COc1ccc(NC(=O)C(=O)N/N=C/c2cccc(OC(=O)c3ccc(C)cc3)c2)cc1. The molecule has 32 heavy (non-hydrogen) atoms. The first-order valence-electron chi connectivity index (χ1n) is 9.62. The number of carbonyl (C=O) groups is 3. The molecule has 3 rings (SSSR count). The van der Waals surface area contributed by atoms with E-state index >= 15 is 0 Å². The van der Waals surface area contributed by atoms with Gasteiger partial charge >= 0.3 is 17.8 Å². The van der Waals surface area contributed by atoms with E-state index in [1.54, 1.807) is 60.7 Å². The Kier molecular flexibility index (Phi) is 7.32. The minimum atomic E-state index is -0.931. The van der Waals surface area contributed by atoms with Gasteiger partial charge in [0.15, 0.2) is 0 Å². The first-order chi connectivity index (χ1) is 15.4. The Balaban J connectivity index is 1.54. The van der Waals surface area contributed by atoms with Gasteiger partial charge in [-0.3, -0.25) is 9.59 Å². The van der Waals surface area contributed by atoms with Crippen LogP contribution in [0.25, 0.3) is 0 Å². The molecular weight excluding hydrogens is 410 g/mol. The Morgan fingerprint density at radius 1 is 0.875 bits per heavy atom. The van der Waals surface area contributed by atoms with E-state index in [4.69, 9.17) is 9.47 Å². The fraction of sp³-hybridized carbons (Fsp3) is 0.0833. The molecule has 8 heteroatoms. The molecule has 0 saturated carbocycles. The summed E-state index contributed by atoms with van der Waals surface area (Å²) in [5, 5.41) is 6.23. The van der Waals surface area contributed by atoms with E-state index in [-0.39, 0.29) is 0 Å². The van der Waals surface area contributed by atoms with Gasteiger partial charge in [0.25, 0.3) is 0 Å². The Hall–Kier alpha value is -4.46. The second-order valence-electron chi connectivity index (χ2n) is 6.71. The number of amides is 2. The van der Waals surface area contributed by atoms with E-state index in [0.717, 1.165) is 5.56 Å². The zero-order valence-electron chi connectivity index (χ0n) is 17.5. The number of hydrogen-bond donors (Lipinski definition) is 2. The van der Waals surface area contributed by atoms with E-state index in [9.17, 15) is 14.4 Å². The lowest BCUT2D eigenvalue weighted by atomic mass is 10.1. The maximum absolute atomic E-state index is 12.2. The molecule has 0 radical (unpaired) electrons. The highest BCUT2D eigenvalue weighted by Crippen LogP contribution is 2.16. The quantitative estimate of drug-likeness (QED) is 0.205. The summed E-state index contributed by atoms with van der Waals surface area (Å²) < 4.78 is 10.4. The summed E-state index contributed by atoms with van der Waals surface area (Å²) in [6, 6.07) is 20.2. The van der Waals surface area contributed by atoms with E-state index in [1.165, 1.54) is 13.3 Å². The van der Waals surface area contributed by atoms with Crippen molar-refractivity contribution in [1.29, 1.82) is 0 Å². The van der Waals surface area contributed by atoms with Crippen molar-refractivity contribution in [1.82, 2.24) is 5.43 Å². The molecule has 162 valence electrons. The monoisotopic (exact) mass is 431 g/mol. The van der Waals surface area contributed by atoms with Crippen LogP contribution in [-0.4, -0.2) is 31.1 Å². The van der Waals surface area contributed by atoms with Crippen molar-refractivity contribution in [2.24, 2.45) is 5.10 Å². The van der Waals surface area contributed by atoms with Crippen molar-refractivity contribution in [2.45, 2.75) is 6.92 Å². The molecule has 0 aromatic heterocycles. The fourth-order valence-corrected chi connectivity index (χ4v) is 2.59. The molecule has 0 atom stereocenters. The van der Waals surface area contributed by atoms with E-state index in [0.29, 0.717) is 28.3 Å². The van der Waals surface area contributed by atoms with Crippen LogP contribution in [0.5, 0.6) is 11.5 Å². The summed E-state index contributed by atoms with van der Waals surface area (Å²) in [5.74, 6) is -1.33. The predicted molar refractivity (Wildman–Crippen MR) is 120 cm³/mol. The lowest BCUT2D eigenvalue weighted by molar-refractivity contribution is -0.136. The van der Waals surface area contributed by atoms with Crippen LogP contribution in [0.2, 0.25) is 0 Å². The van der Waals surface area contributed by atoms with Gasteiger partial charge in [0.1, 0.15) is 11.5 Å². The maximum atomic E-state index is 12.2. The van der Waals surface area contributed by atoms with Gasteiger partial charge in [0.05, 0.1) is 18.9 Å². The van der Waals surface area contributed by atoms with Crippen molar-refractivity contribution >= 4 is 29.7 Å². The number of hydrazone groups is 1. The van der Waals surface area contributed by atoms with Crippen LogP contribution in [0.4, 0.5) is 5.69 Å². The minimum Gasteiger partial charge on any atom is -0.497 e. The lowest BCUT2D eigenvalue weighted by Gasteiger charge is -2.06. The van der Waals surface area contributed by atoms with Crippen LogP contribution in [0, 0.1) is 6.92 Å². The van der Waals surface area contributed by atoms with Crippen molar-refractivity contribution < 1.29 is 23.9 Å². The highest BCUT2D eigenvalue weighted by molar-refractivity contribution is 6.39. The molecule has 0 spiro atoms. The van der Waals surface area contributed by atoms with Gasteiger partial charge in [-0.25, -0.2) is 10.2 Å². The van der Waals surface area contributed by atoms with Gasteiger partial charge in [-0.05, 0) is 61.0 Å². The van der Waals surface area contributed by atoms with Crippen LogP contribution in [0.1, 0.15) is 21.5 Å². The number of carbonyl (C=O) groups excluding carboxylic acids is 3. The normalized spacial score (nSPS) is 10.4. The van der Waals surface area contributed by atoms with Crippen molar-refractivity contribution in [3.8, 4) is 11.5 Å². The topological polar surface area (TPSA) is 106 Å². The Morgan fingerprint density at radius 2 is 1.59 bits per heavy atom. The summed E-state index contributed by atoms with van der Waals surface area (Å²) in [4.78, 5) is 36.1. The van der Waals surface area contributed by atoms with Crippen molar-refractivity contribution in [2.75, 3.05) is 12.4 Å². The van der Waals surface area contributed by atoms with Gasteiger partial charge in [0.2, 0.25) is 0 Å². The molecule has 0 bridgehead atoms. The number of anilines is 1. The number of ether oxygens (including phenoxy) is 2. The molecule has 0 aliphatic rings. The number of hydrogen-bond acceptors (Lipinski definition) is 6. The van der Waals surface area contributed by atoms with Gasteiger partial charge in [-0.15, -0.1) is 0 Å². The van der Waals surface area contributed by atoms with E-state index in [2.05, 4.69) is 15.8 Å². The molecule has 2 N–H and O–H groups in total. The summed E-state index contributed by atoms with van der Waals surface area (Å²) >= 11 is 0. The van der Waals surface area contributed by atoms with Crippen LogP contribution >= 0.6 is 0 Å². The molecular formula is C24H21N3O5. The van der Waals surface area contributed by atoms with Gasteiger partial charge in [-0.1, -0.05) is 29.8 Å². The highest BCUT2D eigenvalue weighted by atomic mass is 16.5. The van der Waals surface area contributed by atoms with Gasteiger partial charge < -0.3 is 14.8 Å². The summed E-state index contributed by atoms with van der Waals surface area (Å²) in [6.07, 6.45) is 1.34. The number of esters is 1. The first-order valence-corrected chi connectivity index (χ1v) is 9.62. The zero-order valence-corrected chi connectivity index (χ0v) is 17.5. The number of methoxy groups -OCH3 is 1. The Bertz CT molecular complexity index is 1140. The first kappa shape index (κ1) is 22.2. The third kappa shape index (κ3) is 6.27. The van der Waals surface area contributed by atoms with Crippen molar-refractivity contribution in [3.63, 3.8) is 0 Å². The fourth-order valence-electron chi connectivity index (χ4n) is 2.59. The number of rotatable bonds is 6. The van der Waals surface area contributed by atoms with Crippen LogP contribution in [-0.2, 0) is 9.59 Å². The maximum Gasteiger partial charge on any atom is 0.343 e. The molecule has 3 aromatic carbocycles. The Morgan fingerprint density at radius 3 is 2.28 bits per heavy atom. The average molecular weight is 431 g/mol. The molecule has 3 aromatic rings. The average Bonchev–Trinajstić information content (AvgIpc) is 2.80. The summed E-state index contributed by atoms with van der Waals surface area (Å²) in [5.41, 5.74) is 4.63. The lowest BCUT2D eigenvalue weighted by Crippen LogP contribution is -2.32. The van der Waals surface area contributed by atoms with E-state index < -0.39 is 17.8 Å². The predicted octanol–water partition coefficient (Wildman–Crippen LogP) is 3.31. The zero-order chi connectivity index (χ0) is 22.9. The minimum absolute atomic E-state index is 0.322. The molecule has 0 aliphatic carbocycles. The Labute approximate surface area is 184 Å². The van der Waals surface area contributed by atoms with Crippen molar-refractivity contribution in [3.05, 3.63) is 89.5 Å². The molecule has 2 amide bonds. The van der Waals surface area contributed by atoms with Gasteiger partial charge in [-0.2, -0.15) is 5.10 Å². The number of nitrogens with one attached hydrogen (secondary N) is 2. The number of nitrogens with zero attached hydrogens (tertiary/aromatic N) is 1. The molecule has 0 saturated heterocycles. The van der Waals surface area contributed by atoms with Gasteiger partial charge in [0, 0.05) is 5.69 Å². The smallest absolute Gasteiger partial charge is 0.343 e. The molecule has 0 fully saturated rings. The van der Waals surface area contributed by atoms with Crippen LogP contribution in [0.15, 0.2) is 77.9 Å².